The molecular formula is C23H37N3O2. The molecule has 1 heterocycles. The van der Waals surface area contributed by atoms with E-state index in [0.29, 0.717) is 13.1 Å². The topological polar surface area (TPSA) is 52.7 Å². The number of carbonyl (C=O) groups excluding carboxylic acids is 2. The number of benzene rings is 1. The molecule has 0 bridgehead atoms. The van der Waals surface area contributed by atoms with E-state index < -0.39 is 5.41 Å². The number of amides is 2. The Kier molecular flexibility index (Phi) is 8.05. The van der Waals surface area contributed by atoms with Crippen LogP contribution in [0.15, 0.2) is 24.3 Å². The maximum absolute atomic E-state index is 12.8. The van der Waals surface area contributed by atoms with Gasteiger partial charge < -0.3 is 10.2 Å². The average molecular weight is 388 g/mol. The minimum Gasteiger partial charge on any atom is -0.352 e. The lowest BCUT2D eigenvalue weighted by Gasteiger charge is -2.36. The first-order valence-corrected chi connectivity index (χ1v) is 10.6. The molecule has 5 heteroatoms. The van der Waals surface area contributed by atoms with E-state index in [2.05, 4.69) is 42.3 Å². The van der Waals surface area contributed by atoms with Crippen LogP contribution in [-0.2, 0) is 22.7 Å². The van der Waals surface area contributed by atoms with Crippen LogP contribution in [0.5, 0.6) is 0 Å². The standard InChI is InChI=1S/C23H37N3O2/c1-6-25(7-2)16-19-12-9-8-11-18(19)15-24-21(27)20-13-10-14-26(17-20)22(28)23(3,4)5/h8-9,11-12,20H,6-7,10,13-17H2,1-5H3,(H,24,27). The highest BCUT2D eigenvalue weighted by atomic mass is 16.2. The van der Waals surface area contributed by atoms with Gasteiger partial charge in [-0.2, -0.15) is 0 Å². The summed E-state index contributed by atoms with van der Waals surface area (Å²) in [6.45, 7) is 14.9. The SMILES string of the molecule is CCN(CC)Cc1ccccc1CNC(=O)C1CCCN(C(=O)C(C)(C)C)C1. The highest BCUT2D eigenvalue weighted by molar-refractivity contribution is 5.83. The average Bonchev–Trinajstić information content (AvgIpc) is 2.69. The second kappa shape index (κ2) is 10.1. The van der Waals surface area contributed by atoms with Crippen LogP contribution < -0.4 is 5.32 Å². The predicted molar refractivity (Wildman–Crippen MR) is 114 cm³/mol. The third-order valence-electron chi connectivity index (χ3n) is 5.58. The number of likely N-dealkylation sites (tertiary alicyclic amines) is 1. The number of nitrogens with zero attached hydrogens (tertiary/aromatic N) is 2. The number of rotatable bonds is 7. The van der Waals surface area contributed by atoms with Crippen LogP contribution in [0.1, 0.15) is 58.6 Å². The van der Waals surface area contributed by atoms with Gasteiger partial charge in [-0.3, -0.25) is 14.5 Å². The molecule has 0 aromatic heterocycles. The van der Waals surface area contributed by atoms with Gasteiger partial charge in [0.1, 0.15) is 0 Å². The molecule has 5 nitrogen and oxygen atoms in total. The summed E-state index contributed by atoms with van der Waals surface area (Å²) in [6, 6.07) is 8.32. The molecule has 1 unspecified atom stereocenters. The van der Waals surface area contributed by atoms with Gasteiger partial charge in [-0.15, -0.1) is 0 Å². The minimum absolute atomic E-state index is 0.0593. The number of hydrogen-bond acceptors (Lipinski definition) is 3. The third kappa shape index (κ3) is 6.06. The van der Waals surface area contributed by atoms with Gasteiger partial charge in [-0.05, 0) is 37.1 Å². The smallest absolute Gasteiger partial charge is 0.227 e. The molecule has 0 spiro atoms. The van der Waals surface area contributed by atoms with Crippen LogP contribution in [0.2, 0.25) is 0 Å². The normalized spacial score (nSPS) is 17.6. The van der Waals surface area contributed by atoms with Gasteiger partial charge in [-0.25, -0.2) is 0 Å². The van der Waals surface area contributed by atoms with Gasteiger partial charge in [0.15, 0.2) is 0 Å². The summed E-state index contributed by atoms with van der Waals surface area (Å²) >= 11 is 0. The molecule has 1 saturated heterocycles. The molecular weight excluding hydrogens is 350 g/mol. The highest BCUT2D eigenvalue weighted by Crippen LogP contribution is 2.23. The molecule has 156 valence electrons. The molecule has 0 aliphatic carbocycles. The van der Waals surface area contributed by atoms with Crippen molar-refractivity contribution in [2.75, 3.05) is 26.2 Å². The van der Waals surface area contributed by atoms with E-state index in [0.717, 1.165) is 39.0 Å². The maximum Gasteiger partial charge on any atom is 0.227 e. The zero-order chi connectivity index (χ0) is 20.7. The van der Waals surface area contributed by atoms with Crippen molar-refractivity contribution in [1.29, 1.82) is 0 Å². The van der Waals surface area contributed by atoms with Crippen molar-refractivity contribution in [2.45, 2.75) is 60.5 Å². The maximum atomic E-state index is 12.8. The van der Waals surface area contributed by atoms with Crippen molar-refractivity contribution in [3.8, 4) is 0 Å². The van der Waals surface area contributed by atoms with Gasteiger partial charge in [0.2, 0.25) is 11.8 Å². The summed E-state index contributed by atoms with van der Waals surface area (Å²) in [5, 5.41) is 3.12. The molecule has 0 saturated carbocycles. The Morgan fingerprint density at radius 3 is 2.39 bits per heavy atom. The lowest BCUT2D eigenvalue weighted by molar-refractivity contribution is -0.142. The molecule has 2 amide bonds. The van der Waals surface area contributed by atoms with E-state index in [1.165, 1.54) is 11.1 Å². The van der Waals surface area contributed by atoms with Crippen LogP contribution in [0.25, 0.3) is 0 Å². The van der Waals surface area contributed by atoms with Crippen LogP contribution in [0.3, 0.4) is 0 Å². The van der Waals surface area contributed by atoms with Crippen molar-refractivity contribution in [1.82, 2.24) is 15.1 Å². The molecule has 1 aliphatic rings. The Morgan fingerprint density at radius 2 is 1.79 bits per heavy atom. The van der Waals surface area contributed by atoms with E-state index in [4.69, 9.17) is 0 Å². The molecule has 1 aromatic rings. The largest absolute Gasteiger partial charge is 0.352 e. The first-order valence-electron chi connectivity index (χ1n) is 10.6. The second-order valence-corrected chi connectivity index (χ2v) is 8.79. The lowest BCUT2D eigenvalue weighted by atomic mass is 9.91. The second-order valence-electron chi connectivity index (χ2n) is 8.79. The molecule has 1 aromatic carbocycles. The van der Waals surface area contributed by atoms with E-state index >= 15 is 0 Å². The molecule has 1 aliphatic heterocycles. The molecule has 1 N–H and O–H groups in total. The number of hydrogen-bond donors (Lipinski definition) is 1. The van der Waals surface area contributed by atoms with Crippen molar-refractivity contribution in [2.24, 2.45) is 11.3 Å². The van der Waals surface area contributed by atoms with Gasteiger partial charge in [0.25, 0.3) is 0 Å². The molecule has 1 atom stereocenters. The molecule has 28 heavy (non-hydrogen) atoms. The number of carbonyl (C=O) groups is 2. The quantitative estimate of drug-likeness (QED) is 0.780. The summed E-state index contributed by atoms with van der Waals surface area (Å²) in [4.78, 5) is 29.6. The van der Waals surface area contributed by atoms with Crippen molar-refractivity contribution >= 4 is 11.8 Å². The lowest BCUT2D eigenvalue weighted by Crippen LogP contribution is -2.48. The Morgan fingerprint density at radius 1 is 1.14 bits per heavy atom. The van der Waals surface area contributed by atoms with Crippen LogP contribution in [-0.4, -0.2) is 47.8 Å². The van der Waals surface area contributed by atoms with Gasteiger partial charge >= 0.3 is 0 Å². The zero-order valence-electron chi connectivity index (χ0n) is 18.3. The Bertz CT molecular complexity index is 662. The van der Waals surface area contributed by atoms with Gasteiger partial charge in [0, 0.05) is 31.6 Å². The predicted octanol–water partition coefficient (Wildman–Crippen LogP) is 3.43. The molecule has 0 radical (unpaired) electrons. The Balaban J connectivity index is 1.96. The van der Waals surface area contributed by atoms with Crippen molar-refractivity contribution in [3.63, 3.8) is 0 Å². The third-order valence-corrected chi connectivity index (χ3v) is 5.58. The Labute approximate surface area is 170 Å². The van der Waals surface area contributed by atoms with Crippen LogP contribution in [0.4, 0.5) is 0 Å². The minimum atomic E-state index is -0.401. The number of piperidine rings is 1. The van der Waals surface area contributed by atoms with Gasteiger partial charge in [0.05, 0.1) is 5.92 Å². The summed E-state index contributed by atoms with van der Waals surface area (Å²) in [7, 11) is 0. The van der Waals surface area contributed by atoms with Crippen LogP contribution in [0, 0.1) is 11.3 Å². The van der Waals surface area contributed by atoms with E-state index in [1.807, 2.05) is 31.7 Å². The first-order chi connectivity index (χ1) is 13.3. The summed E-state index contributed by atoms with van der Waals surface area (Å²) in [6.07, 6.45) is 1.74. The van der Waals surface area contributed by atoms with E-state index in [-0.39, 0.29) is 17.7 Å². The van der Waals surface area contributed by atoms with Crippen LogP contribution >= 0.6 is 0 Å². The van der Waals surface area contributed by atoms with E-state index in [1.54, 1.807) is 0 Å². The zero-order valence-corrected chi connectivity index (χ0v) is 18.3. The first kappa shape index (κ1) is 22.4. The van der Waals surface area contributed by atoms with Crippen molar-refractivity contribution in [3.05, 3.63) is 35.4 Å². The monoisotopic (exact) mass is 387 g/mol. The highest BCUT2D eigenvalue weighted by Gasteiger charge is 2.33. The summed E-state index contributed by atoms with van der Waals surface area (Å²) in [5.74, 6) is 0.0774. The number of nitrogens with one attached hydrogen (secondary N) is 1. The fraction of sp³-hybridized carbons (Fsp3) is 0.652. The summed E-state index contributed by atoms with van der Waals surface area (Å²) in [5.41, 5.74) is 2.03. The molecule has 2 rings (SSSR count). The fourth-order valence-electron chi connectivity index (χ4n) is 3.75. The summed E-state index contributed by atoms with van der Waals surface area (Å²) < 4.78 is 0. The van der Waals surface area contributed by atoms with Crippen molar-refractivity contribution < 1.29 is 9.59 Å². The molecule has 1 fully saturated rings. The fourth-order valence-corrected chi connectivity index (χ4v) is 3.75. The Hall–Kier alpha value is -1.88. The van der Waals surface area contributed by atoms with E-state index in [9.17, 15) is 9.59 Å². The van der Waals surface area contributed by atoms with Gasteiger partial charge in [-0.1, -0.05) is 58.9 Å².